The zero-order valence-corrected chi connectivity index (χ0v) is 20.7. The van der Waals surface area contributed by atoms with Crippen LogP contribution in [0.2, 0.25) is 0 Å². The van der Waals surface area contributed by atoms with E-state index in [9.17, 15) is 9.59 Å². The Morgan fingerprint density at radius 1 is 0.971 bits per heavy atom. The van der Waals surface area contributed by atoms with Gasteiger partial charge in [-0.1, -0.05) is 32.4 Å². The molecular weight excluding hydrogens is 430 g/mol. The van der Waals surface area contributed by atoms with E-state index < -0.39 is 6.04 Å². The standard InChI is InChI=1S/C28H33NO5/c1-6-9-12-29-24(19-10-11-21(33-13-7-2)22(16-19)32-8-3)23-25(30)20-15-17(4)14-18(5)26(20)34-27(23)28(29)31/h10-11,14-16,24H,6-9,12-13H2,1-5H3. The van der Waals surface area contributed by atoms with Crippen molar-refractivity contribution in [3.8, 4) is 11.5 Å². The highest BCUT2D eigenvalue weighted by molar-refractivity contribution is 5.99. The molecule has 1 atom stereocenters. The first-order chi connectivity index (χ1) is 16.4. The Kier molecular flexibility index (Phi) is 6.96. The molecule has 0 radical (unpaired) electrons. The summed E-state index contributed by atoms with van der Waals surface area (Å²) in [6.07, 6.45) is 2.65. The van der Waals surface area contributed by atoms with Gasteiger partial charge in [0.15, 0.2) is 16.9 Å². The van der Waals surface area contributed by atoms with Crippen molar-refractivity contribution >= 4 is 16.9 Å². The van der Waals surface area contributed by atoms with E-state index >= 15 is 0 Å². The third kappa shape index (κ3) is 4.17. The monoisotopic (exact) mass is 463 g/mol. The molecule has 1 amide bonds. The summed E-state index contributed by atoms with van der Waals surface area (Å²) in [6, 6.07) is 8.96. The smallest absolute Gasteiger partial charge is 0.290 e. The maximum atomic E-state index is 13.8. The van der Waals surface area contributed by atoms with Crippen LogP contribution in [-0.2, 0) is 0 Å². The predicted octanol–water partition coefficient (Wildman–Crippen LogP) is 5.94. The molecule has 0 aliphatic carbocycles. The average molecular weight is 464 g/mol. The van der Waals surface area contributed by atoms with Gasteiger partial charge in [0.1, 0.15) is 5.58 Å². The second-order valence-corrected chi connectivity index (χ2v) is 8.87. The van der Waals surface area contributed by atoms with Gasteiger partial charge in [-0.05, 0) is 68.5 Å². The lowest BCUT2D eigenvalue weighted by Gasteiger charge is -2.25. The third-order valence-corrected chi connectivity index (χ3v) is 6.19. The van der Waals surface area contributed by atoms with Crippen LogP contribution in [0, 0.1) is 13.8 Å². The highest BCUT2D eigenvalue weighted by Crippen LogP contribution is 2.41. The molecule has 1 aromatic heterocycles. The Labute approximate surface area is 200 Å². The molecule has 0 saturated heterocycles. The van der Waals surface area contributed by atoms with Gasteiger partial charge < -0.3 is 18.8 Å². The molecule has 0 spiro atoms. The molecular formula is C28H33NO5. The fourth-order valence-corrected chi connectivity index (χ4v) is 4.67. The summed E-state index contributed by atoms with van der Waals surface area (Å²) in [4.78, 5) is 29.1. The van der Waals surface area contributed by atoms with E-state index in [-0.39, 0.29) is 17.1 Å². The molecule has 180 valence electrons. The van der Waals surface area contributed by atoms with Crippen molar-refractivity contribution < 1.29 is 18.7 Å². The van der Waals surface area contributed by atoms with Crippen LogP contribution in [0.25, 0.3) is 11.0 Å². The second kappa shape index (κ2) is 9.92. The van der Waals surface area contributed by atoms with E-state index in [4.69, 9.17) is 13.9 Å². The van der Waals surface area contributed by atoms with Crippen molar-refractivity contribution in [2.45, 2.75) is 59.9 Å². The number of nitrogens with zero attached hydrogens (tertiary/aromatic N) is 1. The van der Waals surface area contributed by atoms with Crippen molar-refractivity contribution in [2.24, 2.45) is 0 Å². The molecule has 34 heavy (non-hydrogen) atoms. The molecule has 0 N–H and O–H groups in total. The van der Waals surface area contributed by atoms with Crippen LogP contribution in [-0.4, -0.2) is 30.6 Å². The van der Waals surface area contributed by atoms with Crippen LogP contribution in [0.4, 0.5) is 0 Å². The third-order valence-electron chi connectivity index (χ3n) is 6.19. The summed E-state index contributed by atoms with van der Waals surface area (Å²) < 4.78 is 17.9. The van der Waals surface area contributed by atoms with Crippen LogP contribution < -0.4 is 14.9 Å². The molecule has 6 heteroatoms. The van der Waals surface area contributed by atoms with Crippen LogP contribution in [0.3, 0.4) is 0 Å². The van der Waals surface area contributed by atoms with Gasteiger partial charge in [-0.2, -0.15) is 0 Å². The molecule has 2 heterocycles. The number of fused-ring (bicyclic) bond motifs is 2. The van der Waals surface area contributed by atoms with E-state index in [1.807, 2.05) is 51.1 Å². The fraction of sp³-hybridized carbons (Fsp3) is 0.429. The zero-order chi connectivity index (χ0) is 24.4. The van der Waals surface area contributed by atoms with E-state index in [0.717, 1.165) is 36.0 Å². The van der Waals surface area contributed by atoms with Crippen molar-refractivity contribution in [3.63, 3.8) is 0 Å². The van der Waals surface area contributed by atoms with E-state index in [2.05, 4.69) is 13.8 Å². The number of carbonyl (C=O) groups is 1. The number of hydrogen-bond donors (Lipinski definition) is 0. The largest absolute Gasteiger partial charge is 0.490 e. The number of aryl methyl sites for hydroxylation is 2. The lowest BCUT2D eigenvalue weighted by Crippen LogP contribution is -2.30. The number of rotatable bonds is 9. The van der Waals surface area contributed by atoms with E-state index in [1.54, 1.807) is 4.90 Å². The van der Waals surface area contributed by atoms with Gasteiger partial charge in [-0.15, -0.1) is 0 Å². The first kappa shape index (κ1) is 23.9. The van der Waals surface area contributed by atoms with Crippen LogP contribution in [0.15, 0.2) is 39.5 Å². The second-order valence-electron chi connectivity index (χ2n) is 8.87. The zero-order valence-electron chi connectivity index (χ0n) is 20.7. The van der Waals surface area contributed by atoms with E-state index in [1.165, 1.54) is 0 Å². The molecule has 1 aliphatic heterocycles. The van der Waals surface area contributed by atoms with Crippen LogP contribution in [0.5, 0.6) is 11.5 Å². The normalized spacial score (nSPS) is 15.1. The van der Waals surface area contributed by atoms with Crippen molar-refractivity contribution in [3.05, 3.63) is 68.6 Å². The quantitative estimate of drug-likeness (QED) is 0.393. The number of amides is 1. The molecule has 1 aliphatic rings. The Hall–Kier alpha value is -3.28. The Bertz CT molecular complexity index is 1280. The summed E-state index contributed by atoms with van der Waals surface area (Å²) in [5.41, 5.74) is 3.39. The molecule has 0 saturated carbocycles. The van der Waals surface area contributed by atoms with Crippen molar-refractivity contribution in [1.29, 1.82) is 0 Å². The predicted molar refractivity (Wildman–Crippen MR) is 133 cm³/mol. The number of benzene rings is 2. The Morgan fingerprint density at radius 3 is 2.47 bits per heavy atom. The van der Waals surface area contributed by atoms with Crippen molar-refractivity contribution in [2.75, 3.05) is 19.8 Å². The summed E-state index contributed by atoms with van der Waals surface area (Å²) in [7, 11) is 0. The lowest BCUT2D eigenvalue weighted by atomic mass is 9.97. The minimum atomic E-state index is -0.532. The van der Waals surface area contributed by atoms with Crippen LogP contribution >= 0.6 is 0 Å². The first-order valence-corrected chi connectivity index (χ1v) is 12.2. The van der Waals surface area contributed by atoms with Gasteiger partial charge in [0.25, 0.3) is 5.91 Å². The van der Waals surface area contributed by atoms with Gasteiger partial charge in [0.2, 0.25) is 5.76 Å². The molecule has 0 fully saturated rings. The first-order valence-electron chi connectivity index (χ1n) is 12.2. The number of ether oxygens (including phenoxy) is 2. The number of unbranched alkanes of at least 4 members (excludes halogenated alkanes) is 1. The SMILES string of the molecule is CCCCN1C(=O)c2oc3c(C)cc(C)cc3c(=O)c2C1c1ccc(OCCC)c(OCC)c1. The topological polar surface area (TPSA) is 69.0 Å². The van der Waals surface area contributed by atoms with Gasteiger partial charge in [0.05, 0.1) is 30.2 Å². The minimum Gasteiger partial charge on any atom is -0.490 e. The Morgan fingerprint density at radius 2 is 1.76 bits per heavy atom. The number of hydrogen-bond acceptors (Lipinski definition) is 5. The summed E-state index contributed by atoms with van der Waals surface area (Å²) in [5.74, 6) is 1.18. The summed E-state index contributed by atoms with van der Waals surface area (Å²) in [5, 5.41) is 0.513. The highest BCUT2D eigenvalue weighted by atomic mass is 16.5. The maximum absolute atomic E-state index is 13.8. The molecule has 0 bridgehead atoms. The van der Waals surface area contributed by atoms with Gasteiger partial charge in [0, 0.05) is 6.54 Å². The molecule has 2 aromatic carbocycles. The number of carbonyl (C=O) groups excluding carboxylic acids is 1. The van der Waals surface area contributed by atoms with Crippen LogP contribution in [0.1, 0.15) is 78.9 Å². The van der Waals surface area contributed by atoms with Crippen molar-refractivity contribution in [1.82, 2.24) is 4.90 Å². The molecule has 4 rings (SSSR count). The van der Waals surface area contributed by atoms with Gasteiger partial charge >= 0.3 is 0 Å². The fourth-order valence-electron chi connectivity index (χ4n) is 4.67. The molecule has 3 aromatic rings. The van der Waals surface area contributed by atoms with Gasteiger partial charge in [-0.25, -0.2) is 0 Å². The maximum Gasteiger partial charge on any atom is 0.290 e. The van der Waals surface area contributed by atoms with Gasteiger partial charge in [-0.3, -0.25) is 9.59 Å². The minimum absolute atomic E-state index is 0.148. The summed E-state index contributed by atoms with van der Waals surface area (Å²) >= 11 is 0. The highest BCUT2D eigenvalue weighted by Gasteiger charge is 2.42. The average Bonchev–Trinajstić information content (AvgIpc) is 3.09. The Balaban J connectivity index is 1.92. The van der Waals surface area contributed by atoms with E-state index in [0.29, 0.717) is 47.8 Å². The lowest BCUT2D eigenvalue weighted by molar-refractivity contribution is 0.0725. The molecule has 1 unspecified atom stereocenters. The molecule has 6 nitrogen and oxygen atoms in total. The summed E-state index contributed by atoms with van der Waals surface area (Å²) in [6.45, 7) is 11.5.